The summed E-state index contributed by atoms with van der Waals surface area (Å²) < 4.78 is 45.0. The zero-order valence-corrected chi connectivity index (χ0v) is 74.7. The average Bonchev–Trinajstić information content (AvgIpc) is 1.60. The van der Waals surface area contributed by atoms with Gasteiger partial charge in [-0.15, -0.1) is 4.58 Å². The normalized spacial score (nSPS) is 17.8. The molecule has 4 atom stereocenters. The number of nitro benzene ring substituents is 2. The highest BCUT2D eigenvalue weighted by Crippen LogP contribution is 2.47. The lowest BCUT2D eigenvalue weighted by atomic mass is 9.86. The van der Waals surface area contributed by atoms with Gasteiger partial charge in [0.05, 0.1) is 79.1 Å². The number of alkyl halides is 1. The van der Waals surface area contributed by atoms with E-state index >= 15 is 0 Å². The van der Waals surface area contributed by atoms with Crippen LogP contribution in [0.15, 0.2) is 131 Å². The number of fused-ring (bicyclic) bond motifs is 14. The summed E-state index contributed by atoms with van der Waals surface area (Å²) in [7, 11) is 1.55. The molecule has 33 nitrogen and oxygen atoms in total. The second-order valence-electron chi connectivity index (χ2n) is 32.4. The molecule has 0 spiro atoms. The number of carbonyl (C=O) groups is 7. The number of phenols is 1. The summed E-state index contributed by atoms with van der Waals surface area (Å²) in [5.41, 5.74) is 14.3. The number of aromatic hydroxyl groups is 1. The van der Waals surface area contributed by atoms with E-state index in [1.165, 1.54) is 64.2 Å². The fraction of sp³-hybridized carbons (Fsp3) is 0.372. The third-order valence-corrected chi connectivity index (χ3v) is 23.6. The van der Waals surface area contributed by atoms with E-state index in [2.05, 4.69) is 42.4 Å². The minimum atomic E-state index is -1.95. The van der Waals surface area contributed by atoms with Crippen LogP contribution in [0.25, 0.3) is 61.1 Å². The second-order valence-corrected chi connectivity index (χ2v) is 32.9. The number of halogens is 2. The summed E-state index contributed by atoms with van der Waals surface area (Å²) in [4.78, 5) is 147. The van der Waals surface area contributed by atoms with Crippen LogP contribution in [0, 0.1) is 40.0 Å². The van der Waals surface area contributed by atoms with Gasteiger partial charge in [0.25, 0.3) is 34.8 Å². The minimum Gasteiger partial charge on any atom is -0.508 e. The van der Waals surface area contributed by atoms with Crippen LogP contribution in [-0.2, 0) is 116 Å². The third kappa shape index (κ3) is 19.1. The molecule has 7 aliphatic rings. The number of aliphatic hydroxyl groups is 2. The summed E-state index contributed by atoms with van der Waals surface area (Å²) in [5.74, 6) is -2.82. The van der Waals surface area contributed by atoms with Gasteiger partial charge >= 0.3 is 41.4 Å². The summed E-state index contributed by atoms with van der Waals surface area (Å²) in [6, 6.07) is 30.9. The fourth-order valence-electron chi connectivity index (χ4n) is 16.9. The molecule has 1 aliphatic carbocycles. The molecule has 5 aromatic heterocycles. The number of rotatable bonds is 17. The Bertz CT molecular complexity index is 6200. The average molecular weight is 1810 g/mol. The number of aromatic nitrogens is 5. The number of benzene rings is 5. The van der Waals surface area contributed by atoms with Crippen LogP contribution in [0.1, 0.15) is 180 Å². The number of hydrogen-bond acceptors (Lipinski definition) is 28. The van der Waals surface area contributed by atoms with Crippen LogP contribution < -0.4 is 26.3 Å². The van der Waals surface area contributed by atoms with Gasteiger partial charge < -0.3 is 68.1 Å². The zero-order valence-electron chi connectivity index (χ0n) is 73.2. The first-order valence-electron chi connectivity index (χ1n) is 42.0. The van der Waals surface area contributed by atoms with E-state index in [-0.39, 0.29) is 102 Å². The van der Waals surface area contributed by atoms with E-state index < -0.39 is 62.1 Å². The molecule has 10 aromatic rings. The van der Waals surface area contributed by atoms with Crippen molar-refractivity contribution in [2.24, 2.45) is 11.7 Å². The van der Waals surface area contributed by atoms with Gasteiger partial charge in [-0.25, -0.2) is 43.7 Å². The molecule has 6 aliphatic heterocycles. The lowest BCUT2D eigenvalue weighted by Gasteiger charge is -2.32. The van der Waals surface area contributed by atoms with Crippen LogP contribution >= 0.6 is 23.2 Å². The number of non-ortho nitro benzene ring substituents is 2. The van der Waals surface area contributed by atoms with Gasteiger partial charge in [0.15, 0.2) is 11.2 Å². The first kappa shape index (κ1) is 95.1. The number of carbonyl (C=O) groups excluding carboxylic acids is 7. The fourth-order valence-corrected chi connectivity index (χ4v) is 17.0. The highest BCUT2D eigenvalue weighted by molar-refractivity contribution is 6.61. The highest BCUT2D eigenvalue weighted by Gasteiger charge is 2.61. The predicted octanol–water partition coefficient (Wildman–Crippen LogP) is 14.7. The topological polar surface area (TPSA) is 452 Å². The van der Waals surface area contributed by atoms with Gasteiger partial charge in [0.1, 0.15) is 48.0 Å². The number of pyridine rings is 5. The molecule has 129 heavy (non-hydrogen) atoms. The van der Waals surface area contributed by atoms with Crippen molar-refractivity contribution < 1.29 is 101 Å². The second kappa shape index (κ2) is 39.3. The van der Waals surface area contributed by atoms with Crippen LogP contribution in [0.5, 0.6) is 17.2 Å². The molecule has 1 amide bonds. The Kier molecular flexibility index (Phi) is 28.9. The van der Waals surface area contributed by atoms with Gasteiger partial charge in [-0.1, -0.05) is 82.8 Å². The molecule has 11 heterocycles. The van der Waals surface area contributed by atoms with E-state index in [4.69, 9.17) is 72.3 Å². The van der Waals surface area contributed by atoms with Crippen LogP contribution in [0.2, 0.25) is 0 Å². The number of phenolic OH excluding ortho intramolecular Hbond substituents is 1. The summed E-state index contributed by atoms with van der Waals surface area (Å²) in [6.07, 6.45) is 6.89. The largest absolute Gasteiger partial charge is 0.515 e. The number of nitrogens with zero attached hydrogens (tertiary/aromatic N) is 8. The van der Waals surface area contributed by atoms with Crippen LogP contribution in [-0.4, -0.2) is 139 Å². The molecule has 676 valence electrons. The van der Waals surface area contributed by atoms with Gasteiger partial charge in [-0.05, 0) is 194 Å². The Morgan fingerprint density at radius 2 is 1.06 bits per heavy atom. The molecule has 0 fully saturated rings. The molecular weight excluding hydrogens is 1710 g/mol. The van der Waals surface area contributed by atoms with E-state index in [0.29, 0.717) is 95.6 Å². The number of nitro groups is 2. The molecule has 35 heteroatoms. The zero-order chi connectivity index (χ0) is 93.6. The number of aryl methyl sites for hydroxylation is 5. The maximum atomic E-state index is 13.8. The SMILES string of the molecule is CC(C)(C)OC(=O)CCCCCN.CCc1c2c(nc3ccc(C)cc13)-c1cc3c(c(=O)n1C2)COC(=O)[C@]3(O)CC.CCc1c2c(nc3ccc(C)cc13)C1=CC3=[N+](COC(=O)[C@@]3(CC)OC(=O)Oc3ccc([N+](=O)[O-])cc3)C(=O)C1C2.CCc1c2c(nc3ccc(O)cc13)-c1cc3c(c(=O)n1C2)COC(=O)[C@]3(O)CC.COCCl.O=C(Cl)Oc1ccc([N+](=O)[O-])cc1. The molecule has 5 aromatic carbocycles. The van der Waals surface area contributed by atoms with E-state index in [9.17, 15) is 78.7 Å². The van der Waals surface area contributed by atoms with Crippen LogP contribution in [0.4, 0.5) is 21.0 Å². The summed E-state index contributed by atoms with van der Waals surface area (Å²) in [6.45, 7) is 21.9. The van der Waals surface area contributed by atoms with E-state index in [0.717, 1.165) is 104 Å². The van der Waals surface area contributed by atoms with Crippen molar-refractivity contribution in [2.75, 3.05) is 26.5 Å². The molecule has 0 saturated carbocycles. The van der Waals surface area contributed by atoms with Gasteiger partial charge in [-0.3, -0.25) is 34.6 Å². The minimum absolute atomic E-state index is 0.0147. The lowest BCUT2D eigenvalue weighted by Crippen LogP contribution is -2.60. The first-order chi connectivity index (χ1) is 61.4. The molecule has 0 radical (unpaired) electrons. The van der Waals surface area contributed by atoms with Crippen molar-refractivity contribution in [1.82, 2.24) is 24.1 Å². The molecule has 5 N–H and O–H groups in total. The Morgan fingerprint density at radius 1 is 0.605 bits per heavy atom. The van der Waals surface area contributed by atoms with E-state index in [1.807, 2.05) is 58.9 Å². The Hall–Kier alpha value is -13.1. The Labute approximate surface area is 749 Å². The molecule has 1 unspecified atom stereocenters. The predicted molar refractivity (Wildman–Crippen MR) is 476 cm³/mol. The van der Waals surface area contributed by atoms with Crippen molar-refractivity contribution in [1.29, 1.82) is 0 Å². The maximum Gasteiger partial charge on any atom is 0.515 e. The number of ether oxygens (including phenoxy) is 8. The van der Waals surface area contributed by atoms with Crippen molar-refractivity contribution >= 4 is 120 Å². The number of esters is 4. The number of methoxy groups -OCH3 is 1. The summed E-state index contributed by atoms with van der Waals surface area (Å²) >= 11 is 9.88. The summed E-state index contributed by atoms with van der Waals surface area (Å²) in [5, 5.41) is 56.0. The van der Waals surface area contributed by atoms with Crippen molar-refractivity contribution in [2.45, 2.75) is 195 Å². The monoisotopic (exact) mass is 1810 g/mol. The lowest BCUT2D eigenvalue weighted by molar-refractivity contribution is -0.500. The van der Waals surface area contributed by atoms with Crippen molar-refractivity contribution in [3.05, 3.63) is 235 Å². The quantitative estimate of drug-likeness (QED) is 0.00757. The maximum absolute atomic E-state index is 13.8. The number of unbranched alkanes of at least 4 members (excludes halogenated alkanes) is 2. The van der Waals surface area contributed by atoms with Crippen LogP contribution in [0.3, 0.4) is 0 Å². The Morgan fingerprint density at radius 3 is 1.50 bits per heavy atom. The highest BCUT2D eigenvalue weighted by atomic mass is 35.5. The number of nitrogens with two attached hydrogens (primary N) is 1. The molecular formula is C94H98Cl2N9O24+. The van der Waals surface area contributed by atoms with Gasteiger partial charge in [-0.2, -0.15) is 0 Å². The van der Waals surface area contributed by atoms with Gasteiger partial charge in [0.2, 0.25) is 5.71 Å². The smallest absolute Gasteiger partial charge is 0.508 e. The number of cyclic esters (lactones) is 3. The molecule has 17 rings (SSSR count). The molecule has 0 saturated heterocycles. The Balaban J connectivity index is 0.000000153. The van der Waals surface area contributed by atoms with E-state index in [1.54, 1.807) is 73.4 Å². The third-order valence-electron chi connectivity index (χ3n) is 23.3. The van der Waals surface area contributed by atoms with Crippen molar-refractivity contribution in [3.8, 4) is 40.0 Å². The van der Waals surface area contributed by atoms with Crippen molar-refractivity contribution in [3.63, 3.8) is 0 Å². The standard InChI is InChI=1S/C30H26N3O8.C23H22N2O4.C22H20N2O5.C10H21NO2.C7H4ClNO4.C2H5ClO/c1-4-19-20-12-16(3)6-11-24(20)31-26-21(19)13-23-22(26)14-25-30(5-2,28(35)39-15-32(25)27(23)34)41-29(36)40-18-9-7-17(8-10-18)33(37)38;1-4-13-14-8-12(3)6-7-18(14)24-20-15(13)10-25-19(20)9-17-16(21(25)26)11-29-22(27)23(17,28)5-2;1-3-12-13-7-11(25)5-6-17(13)23-19-14(12)9-24-18(19)8-16-15(20(24)26)10-29-21(27)22(16,28)4-2;1-10(2,3)13-9(12)7-5-4-6-8-11;8-7(10)13-6-3-1-5(2-4-6)9(11)12;1-4-2-3/h6-12,14,23H,4-5,13,15H2,1-3H3;6-9,28H,4-5,10-11H2,1-3H3;5-8,25,28H,3-4,9-10H2,1-2H3;4-8,11H2,1-3H3;1-4H;2H2,1H3/q+1;;;;;/t23?,30-;23-;22-;;;/m000.../s1. The number of hydrogen-bond donors (Lipinski definition) is 4. The van der Waals surface area contributed by atoms with Gasteiger partial charge in [0, 0.05) is 106 Å². The number of amides is 1. The first-order valence-corrected chi connectivity index (χ1v) is 43.0. The molecule has 0 bridgehead atoms.